The highest BCUT2D eigenvalue weighted by atomic mass is 16.4. The first-order valence-electron chi connectivity index (χ1n) is 5.60. The summed E-state index contributed by atoms with van der Waals surface area (Å²) in [4.78, 5) is 24.4. The smallest absolute Gasteiger partial charge is 0.331 e. The van der Waals surface area contributed by atoms with Gasteiger partial charge in [-0.1, -0.05) is 12.1 Å². The third-order valence-electron chi connectivity index (χ3n) is 2.90. The fraction of sp³-hybridized carbons (Fsp3) is 0.286. The molecule has 0 aliphatic heterocycles. The zero-order valence-electron chi connectivity index (χ0n) is 11.0. The number of aryl methyl sites for hydroxylation is 1. The number of carboxylic acids is 1. The van der Waals surface area contributed by atoms with Crippen LogP contribution in [-0.4, -0.2) is 24.0 Å². The van der Waals surface area contributed by atoms with E-state index in [0.29, 0.717) is 0 Å². The molecule has 0 saturated carbocycles. The van der Waals surface area contributed by atoms with Crippen LogP contribution in [0.25, 0.3) is 0 Å². The van der Waals surface area contributed by atoms with Gasteiger partial charge in [0.05, 0.1) is 0 Å². The minimum atomic E-state index is -1.07. The maximum Gasteiger partial charge on any atom is 0.331 e. The number of aliphatic carboxylic acids is 1. The van der Waals surface area contributed by atoms with E-state index in [1.807, 2.05) is 31.2 Å². The van der Waals surface area contributed by atoms with E-state index in [4.69, 9.17) is 5.11 Å². The van der Waals surface area contributed by atoms with E-state index in [9.17, 15) is 9.59 Å². The van der Waals surface area contributed by atoms with Gasteiger partial charge in [-0.15, -0.1) is 0 Å². The summed E-state index contributed by atoms with van der Waals surface area (Å²) in [5, 5.41) is 8.87. The van der Waals surface area contributed by atoms with Crippen LogP contribution in [0, 0.1) is 6.92 Å². The van der Waals surface area contributed by atoms with Crippen LogP contribution in [0.2, 0.25) is 0 Å². The van der Waals surface area contributed by atoms with Crippen LogP contribution >= 0.6 is 0 Å². The average molecular weight is 247 g/mol. The highest BCUT2D eigenvalue weighted by Crippen LogP contribution is 2.17. The Balaban J connectivity index is 3.05. The molecule has 96 valence electrons. The second-order valence-electron chi connectivity index (χ2n) is 4.26. The maximum atomic E-state index is 12.1. The number of hydrogen-bond acceptors (Lipinski definition) is 2. The molecule has 0 bridgehead atoms. The van der Waals surface area contributed by atoms with Gasteiger partial charge in [0.1, 0.15) is 0 Å². The van der Waals surface area contributed by atoms with Crippen LogP contribution in [-0.2, 0) is 9.59 Å². The molecule has 1 aromatic rings. The number of hydrogen-bond donors (Lipinski definition) is 1. The lowest BCUT2D eigenvalue weighted by Gasteiger charge is -2.18. The molecule has 0 aliphatic carbocycles. The molecule has 18 heavy (non-hydrogen) atoms. The topological polar surface area (TPSA) is 57.6 Å². The van der Waals surface area contributed by atoms with Gasteiger partial charge in [-0.2, -0.15) is 0 Å². The summed E-state index contributed by atoms with van der Waals surface area (Å²) in [6.07, 6.45) is 0. The molecule has 4 heteroatoms. The fourth-order valence-electron chi connectivity index (χ4n) is 1.53. The van der Waals surface area contributed by atoms with Crippen LogP contribution in [0.5, 0.6) is 0 Å². The van der Waals surface area contributed by atoms with Crippen molar-refractivity contribution in [2.75, 3.05) is 11.9 Å². The number of carbonyl (C=O) groups is 2. The summed E-state index contributed by atoms with van der Waals surface area (Å²) in [5.74, 6) is -1.38. The summed E-state index contributed by atoms with van der Waals surface area (Å²) >= 11 is 0. The van der Waals surface area contributed by atoms with Gasteiger partial charge in [0, 0.05) is 23.9 Å². The zero-order chi connectivity index (χ0) is 13.9. The number of anilines is 1. The van der Waals surface area contributed by atoms with Gasteiger partial charge in [0.2, 0.25) is 0 Å². The molecule has 1 aromatic carbocycles. The lowest BCUT2D eigenvalue weighted by molar-refractivity contribution is -0.133. The van der Waals surface area contributed by atoms with Crippen molar-refractivity contribution in [3.8, 4) is 0 Å². The summed E-state index contributed by atoms with van der Waals surface area (Å²) in [5.41, 5.74) is 2.10. The third kappa shape index (κ3) is 2.97. The Kier molecular flexibility index (Phi) is 4.26. The molecular formula is C14H17NO3. The first-order valence-corrected chi connectivity index (χ1v) is 5.60. The molecular weight excluding hydrogens is 230 g/mol. The number of carboxylic acid groups (broad SMARTS) is 1. The van der Waals surface area contributed by atoms with Gasteiger partial charge in [-0.05, 0) is 38.5 Å². The van der Waals surface area contributed by atoms with E-state index in [2.05, 4.69) is 0 Å². The van der Waals surface area contributed by atoms with E-state index < -0.39 is 5.97 Å². The van der Waals surface area contributed by atoms with Gasteiger partial charge >= 0.3 is 5.97 Å². The normalized spacial score (nSPS) is 11.8. The molecule has 0 aliphatic rings. The van der Waals surface area contributed by atoms with Gasteiger partial charge in [0.25, 0.3) is 5.91 Å². The molecule has 0 saturated heterocycles. The van der Waals surface area contributed by atoms with Crippen molar-refractivity contribution in [3.63, 3.8) is 0 Å². The van der Waals surface area contributed by atoms with E-state index in [0.717, 1.165) is 11.3 Å². The predicted octanol–water partition coefficient (Wildman–Crippen LogP) is 2.38. The van der Waals surface area contributed by atoms with E-state index in [1.54, 1.807) is 7.05 Å². The van der Waals surface area contributed by atoms with Gasteiger partial charge < -0.3 is 10.0 Å². The average Bonchev–Trinajstić information content (AvgIpc) is 2.35. The Morgan fingerprint density at radius 2 is 1.78 bits per heavy atom. The Bertz CT molecular complexity index is 518. The Labute approximate surface area is 107 Å². The monoisotopic (exact) mass is 247 g/mol. The third-order valence-corrected chi connectivity index (χ3v) is 2.90. The molecule has 0 atom stereocenters. The number of rotatable bonds is 3. The summed E-state index contributed by atoms with van der Waals surface area (Å²) in [6, 6.07) is 7.49. The first kappa shape index (κ1) is 14.0. The standard InChI is InChI=1S/C14H17NO3/c1-9-6-5-7-12(8-9)15(4)13(16)10(2)11(3)14(17)18/h5-8H,1-4H3,(H,17,18). The van der Waals surface area contributed by atoms with Crippen LogP contribution in [0.1, 0.15) is 19.4 Å². The Morgan fingerprint density at radius 1 is 1.17 bits per heavy atom. The van der Waals surface area contributed by atoms with Crippen molar-refractivity contribution < 1.29 is 14.7 Å². The SMILES string of the molecule is CC(C(=O)O)=C(C)C(=O)N(C)c1cccc(C)c1. The fourth-order valence-corrected chi connectivity index (χ4v) is 1.53. The van der Waals surface area contributed by atoms with Crippen LogP contribution in [0.4, 0.5) is 5.69 Å². The number of likely N-dealkylation sites (N-methyl/N-ethyl adjacent to an activating group) is 1. The number of amides is 1. The molecule has 0 aromatic heterocycles. The largest absolute Gasteiger partial charge is 0.478 e. The second kappa shape index (κ2) is 5.49. The minimum Gasteiger partial charge on any atom is -0.478 e. The molecule has 0 heterocycles. The van der Waals surface area contributed by atoms with E-state index >= 15 is 0 Å². The molecule has 1 rings (SSSR count). The van der Waals surface area contributed by atoms with Crippen molar-refractivity contribution >= 4 is 17.6 Å². The van der Waals surface area contributed by atoms with Crippen LogP contribution in [0.15, 0.2) is 35.4 Å². The molecule has 0 spiro atoms. The lowest BCUT2D eigenvalue weighted by atomic mass is 10.1. The van der Waals surface area contributed by atoms with Crippen LogP contribution < -0.4 is 4.90 Å². The summed E-state index contributed by atoms with van der Waals surface area (Å²) in [7, 11) is 1.63. The lowest BCUT2D eigenvalue weighted by Crippen LogP contribution is -2.28. The summed E-state index contributed by atoms with van der Waals surface area (Å²) in [6.45, 7) is 4.89. The molecule has 0 fully saturated rings. The minimum absolute atomic E-state index is 0.0690. The van der Waals surface area contributed by atoms with Crippen molar-refractivity contribution in [3.05, 3.63) is 41.0 Å². The molecule has 1 amide bonds. The molecule has 4 nitrogen and oxygen atoms in total. The quantitative estimate of drug-likeness (QED) is 0.834. The maximum absolute atomic E-state index is 12.1. The number of nitrogens with zero attached hydrogens (tertiary/aromatic N) is 1. The van der Waals surface area contributed by atoms with Gasteiger partial charge in [0.15, 0.2) is 0 Å². The number of carbonyl (C=O) groups excluding carboxylic acids is 1. The van der Waals surface area contributed by atoms with Crippen molar-refractivity contribution in [2.24, 2.45) is 0 Å². The Morgan fingerprint density at radius 3 is 2.28 bits per heavy atom. The van der Waals surface area contributed by atoms with E-state index in [1.165, 1.54) is 18.7 Å². The van der Waals surface area contributed by atoms with Crippen molar-refractivity contribution in [1.29, 1.82) is 0 Å². The Hall–Kier alpha value is -2.10. The predicted molar refractivity (Wildman–Crippen MR) is 70.6 cm³/mol. The van der Waals surface area contributed by atoms with Crippen LogP contribution in [0.3, 0.4) is 0 Å². The van der Waals surface area contributed by atoms with Gasteiger partial charge in [-0.3, -0.25) is 4.79 Å². The highest BCUT2D eigenvalue weighted by molar-refractivity contribution is 6.09. The van der Waals surface area contributed by atoms with Crippen molar-refractivity contribution in [2.45, 2.75) is 20.8 Å². The molecule has 1 N–H and O–H groups in total. The van der Waals surface area contributed by atoms with E-state index in [-0.39, 0.29) is 17.1 Å². The number of benzene rings is 1. The molecule has 0 unspecified atom stereocenters. The van der Waals surface area contributed by atoms with Gasteiger partial charge in [-0.25, -0.2) is 4.79 Å². The highest BCUT2D eigenvalue weighted by Gasteiger charge is 2.17. The second-order valence-corrected chi connectivity index (χ2v) is 4.26. The summed E-state index contributed by atoms with van der Waals surface area (Å²) < 4.78 is 0. The first-order chi connectivity index (χ1) is 8.34. The van der Waals surface area contributed by atoms with Crippen molar-refractivity contribution in [1.82, 2.24) is 0 Å². The zero-order valence-corrected chi connectivity index (χ0v) is 11.0. The molecule has 0 radical (unpaired) electrons.